The summed E-state index contributed by atoms with van der Waals surface area (Å²) in [6.07, 6.45) is 14.5. The summed E-state index contributed by atoms with van der Waals surface area (Å²) in [6, 6.07) is 3.00. The lowest BCUT2D eigenvalue weighted by Gasteiger charge is -2.37. The summed E-state index contributed by atoms with van der Waals surface area (Å²) in [4.78, 5) is 0. The molecule has 3 rings (SSSR count). The molecular formula is C26H36F2O. The van der Waals surface area contributed by atoms with Crippen LogP contribution in [0.5, 0.6) is 5.75 Å². The van der Waals surface area contributed by atoms with Gasteiger partial charge in [0.05, 0.1) is 12.2 Å². The zero-order valence-corrected chi connectivity index (χ0v) is 18.1. The average molecular weight is 403 g/mol. The van der Waals surface area contributed by atoms with E-state index in [-0.39, 0.29) is 11.3 Å². The highest BCUT2D eigenvalue weighted by Crippen LogP contribution is 2.42. The second-order valence-corrected chi connectivity index (χ2v) is 8.98. The molecule has 0 heterocycles. The van der Waals surface area contributed by atoms with Crippen molar-refractivity contribution in [3.63, 3.8) is 0 Å². The van der Waals surface area contributed by atoms with Crippen LogP contribution in [0.15, 0.2) is 12.1 Å². The van der Waals surface area contributed by atoms with Crippen LogP contribution < -0.4 is 4.74 Å². The molecule has 2 aliphatic rings. The SMILES string of the molecule is CCCC[C@H]1CC[C@H](C2CCC(C#Cc3ccc(OCC)c(F)c3F)CC2)CC1. The molecule has 0 amide bonds. The van der Waals surface area contributed by atoms with E-state index in [9.17, 15) is 8.78 Å². The van der Waals surface area contributed by atoms with E-state index < -0.39 is 11.6 Å². The van der Waals surface area contributed by atoms with Gasteiger partial charge in [-0.05, 0) is 75.3 Å². The fourth-order valence-corrected chi connectivity index (χ4v) is 5.25. The quantitative estimate of drug-likeness (QED) is 0.447. The Balaban J connectivity index is 1.48. The van der Waals surface area contributed by atoms with E-state index >= 15 is 0 Å². The molecule has 0 spiro atoms. The van der Waals surface area contributed by atoms with Gasteiger partial charge in [-0.3, -0.25) is 0 Å². The standard InChI is InChI=1S/C26H36F2O/c1-3-5-6-19-7-12-21(13-8-19)22-14-9-20(10-15-22)11-16-23-17-18-24(29-4-2)26(28)25(23)27/h17-22H,3-10,12-15H2,1-2H3/t19-,20?,21-,22?. The summed E-state index contributed by atoms with van der Waals surface area (Å²) in [5.41, 5.74) is 0.137. The van der Waals surface area contributed by atoms with Crippen LogP contribution in [0.2, 0.25) is 0 Å². The molecule has 29 heavy (non-hydrogen) atoms. The van der Waals surface area contributed by atoms with Crippen LogP contribution in [-0.2, 0) is 0 Å². The fourth-order valence-electron chi connectivity index (χ4n) is 5.25. The van der Waals surface area contributed by atoms with Crippen LogP contribution in [0.4, 0.5) is 8.78 Å². The molecular weight excluding hydrogens is 366 g/mol. The van der Waals surface area contributed by atoms with Crippen molar-refractivity contribution in [1.29, 1.82) is 0 Å². The monoisotopic (exact) mass is 402 g/mol. The third-order valence-corrected chi connectivity index (χ3v) is 7.05. The first-order valence-electron chi connectivity index (χ1n) is 11.7. The molecule has 0 aromatic heterocycles. The minimum absolute atomic E-state index is 0.0412. The van der Waals surface area contributed by atoms with Gasteiger partial charge < -0.3 is 4.74 Å². The van der Waals surface area contributed by atoms with Gasteiger partial charge in [0.15, 0.2) is 11.6 Å². The lowest BCUT2D eigenvalue weighted by molar-refractivity contribution is 0.153. The van der Waals surface area contributed by atoms with Crippen molar-refractivity contribution < 1.29 is 13.5 Å². The van der Waals surface area contributed by atoms with E-state index in [0.29, 0.717) is 12.5 Å². The molecule has 0 bridgehead atoms. The zero-order valence-electron chi connectivity index (χ0n) is 18.1. The highest BCUT2D eigenvalue weighted by Gasteiger charge is 2.30. The molecule has 0 atom stereocenters. The Labute approximate surface area is 175 Å². The molecule has 2 saturated carbocycles. The van der Waals surface area contributed by atoms with E-state index in [1.54, 1.807) is 6.92 Å². The van der Waals surface area contributed by atoms with Crippen LogP contribution in [0.3, 0.4) is 0 Å². The van der Waals surface area contributed by atoms with Crippen molar-refractivity contribution in [3.05, 3.63) is 29.3 Å². The largest absolute Gasteiger partial charge is 0.491 e. The van der Waals surface area contributed by atoms with Crippen molar-refractivity contribution in [1.82, 2.24) is 0 Å². The van der Waals surface area contributed by atoms with E-state index in [2.05, 4.69) is 18.8 Å². The van der Waals surface area contributed by atoms with Crippen molar-refractivity contribution in [2.75, 3.05) is 6.61 Å². The number of rotatable bonds is 6. The Morgan fingerprint density at radius 2 is 1.55 bits per heavy atom. The van der Waals surface area contributed by atoms with Gasteiger partial charge >= 0.3 is 0 Å². The Morgan fingerprint density at radius 1 is 0.897 bits per heavy atom. The van der Waals surface area contributed by atoms with E-state index in [0.717, 1.165) is 30.6 Å². The first-order valence-corrected chi connectivity index (χ1v) is 11.7. The number of halogens is 2. The van der Waals surface area contributed by atoms with Gasteiger partial charge in [-0.25, -0.2) is 4.39 Å². The van der Waals surface area contributed by atoms with E-state index in [4.69, 9.17) is 4.74 Å². The molecule has 0 unspecified atom stereocenters. The van der Waals surface area contributed by atoms with Gasteiger partial charge in [-0.2, -0.15) is 4.39 Å². The summed E-state index contributed by atoms with van der Waals surface area (Å²) in [5, 5.41) is 0. The number of unbranched alkanes of at least 4 members (excludes halogenated alkanes) is 1. The molecule has 2 aliphatic carbocycles. The van der Waals surface area contributed by atoms with Gasteiger partial charge in [0, 0.05) is 5.92 Å². The summed E-state index contributed by atoms with van der Waals surface area (Å²) in [7, 11) is 0. The highest BCUT2D eigenvalue weighted by atomic mass is 19.2. The second-order valence-electron chi connectivity index (χ2n) is 8.98. The second kappa shape index (κ2) is 11.0. The van der Waals surface area contributed by atoms with E-state index in [1.807, 2.05) is 0 Å². The number of hydrogen-bond acceptors (Lipinski definition) is 1. The average Bonchev–Trinajstić information content (AvgIpc) is 2.76. The minimum atomic E-state index is -0.933. The smallest absolute Gasteiger partial charge is 0.201 e. The lowest BCUT2D eigenvalue weighted by atomic mass is 9.69. The first-order chi connectivity index (χ1) is 14.1. The number of benzene rings is 1. The van der Waals surface area contributed by atoms with Gasteiger partial charge in [-0.15, -0.1) is 0 Å². The summed E-state index contributed by atoms with van der Waals surface area (Å²) in [5.74, 6) is 7.27. The van der Waals surface area contributed by atoms with E-state index in [1.165, 1.54) is 69.9 Å². The molecule has 0 aliphatic heterocycles. The maximum absolute atomic E-state index is 14.2. The molecule has 0 saturated heterocycles. The third kappa shape index (κ3) is 5.97. The van der Waals surface area contributed by atoms with Gasteiger partial charge in [0.1, 0.15) is 0 Å². The molecule has 160 valence electrons. The summed E-state index contributed by atoms with van der Waals surface area (Å²) >= 11 is 0. The Kier molecular flexibility index (Phi) is 8.40. The summed E-state index contributed by atoms with van der Waals surface area (Å²) < 4.78 is 33.3. The van der Waals surface area contributed by atoms with Crippen LogP contribution in [0.1, 0.15) is 90.0 Å². The van der Waals surface area contributed by atoms with Crippen LogP contribution in [0.25, 0.3) is 0 Å². The molecule has 1 aromatic carbocycles. The number of hydrogen-bond donors (Lipinski definition) is 0. The Morgan fingerprint density at radius 3 is 2.17 bits per heavy atom. The highest BCUT2D eigenvalue weighted by molar-refractivity contribution is 5.41. The topological polar surface area (TPSA) is 9.23 Å². The minimum Gasteiger partial charge on any atom is -0.491 e. The molecule has 2 fully saturated rings. The molecule has 1 aromatic rings. The Bertz CT molecular complexity index is 701. The van der Waals surface area contributed by atoms with Crippen molar-refractivity contribution >= 4 is 0 Å². The van der Waals surface area contributed by atoms with Gasteiger partial charge in [0.25, 0.3) is 0 Å². The van der Waals surface area contributed by atoms with Crippen LogP contribution in [0, 0.1) is 47.1 Å². The molecule has 0 radical (unpaired) electrons. The Hall–Kier alpha value is -1.56. The van der Waals surface area contributed by atoms with Gasteiger partial charge in [0.2, 0.25) is 5.82 Å². The maximum Gasteiger partial charge on any atom is 0.201 e. The maximum atomic E-state index is 14.2. The lowest BCUT2D eigenvalue weighted by Crippen LogP contribution is -2.25. The van der Waals surface area contributed by atoms with Crippen LogP contribution in [-0.4, -0.2) is 6.61 Å². The first kappa shape index (κ1) is 22.1. The van der Waals surface area contributed by atoms with Crippen molar-refractivity contribution in [3.8, 4) is 17.6 Å². The fraction of sp³-hybridized carbons (Fsp3) is 0.692. The number of ether oxygens (including phenoxy) is 1. The van der Waals surface area contributed by atoms with Crippen LogP contribution >= 0.6 is 0 Å². The molecule has 3 heteroatoms. The normalized spacial score (nSPS) is 27.2. The molecule has 1 nitrogen and oxygen atoms in total. The van der Waals surface area contributed by atoms with Crippen molar-refractivity contribution in [2.45, 2.75) is 84.5 Å². The van der Waals surface area contributed by atoms with Gasteiger partial charge in [-0.1, -0.05) is 50.9 Å². The summed E-state index contributed by atoms with van der Waals surface area (Å²) in [6.45, 7) is 4.35. The third-order valence-electron chi connectivity index (χ3n) is 7.05. The van der Waals surface area contributed by atoms with Crippen molar-refractivity contribution in [2.24, 2.45) is 23.7 Å². The predicted molar refractivity (Wildman–Crippen MR) is 115 cm³/mol. The zero-order chi connectivity index (χ0) is 20.6. The predicted octanol–water partition coefficient (Wildman–Crippen LogP) is 7.52. The molecule has 0 N–H and O–H groups in total.